The monoisotopic (exact) mass is 436 g/mol. The summed E-state index contributed by atoms with van der Waals surface area (Å²) in [6.07, 6.45) is 4.26. The zero-order valence-electron chi connectivity index (χ0n) is 19.8. The lowest BCUT2D eigenvalue weighted by molar-refractivity contribution is -0.0174. The average Bonchev–Trinajstić information content (AvgIpc) is 3.51. The van der Waals surface area contributed by atoms with Gasteiger partial charge in [-0.2, -0.15) is 0 Å². The number of carbonyl (C=O) groups excluding carboxylic acids is 1. The lowest BCUT2D eigenvalue weighted by Gasteiger charge is -2.36. The van der Waals surface area contributed by atoms with Crippen LogP contribution in [-0.2, 0) is 9.47 Å². The first-order valence-electron chi connectivity index (χ1n) is 12.0. The van der Waals surface area contributed by atoms with Crippen LogP contribution in [0.15, 0.2) is 48.5 Å². The summed E-state index contributed by atoms with van der Waals surface area (Å²) in [5.74, 6) is 2.25. The standard InChI is InChI=1S/C28H36O4/c1-19(2)25-14-5-20(3)17-26(25)32-27(29)23-8-6-21(7-9-23)22-10-12-24(13-11-22)30-16-15-28(4)18-31-28/h6-13,19-20,25-26H,5,14-18H2,1-4H3. The van der Waals surface area contributed by atoms with Gasteiger partial charge in [-0.15, -0.1) is 0 Å². The highest BCUT2D eigenvalue weighted by atomic mass is 16.6. The molecule has 4 heteroatoms. The Kier molecular flexibility index (Phi) is 6.90. The highest BCUT2D eigenvalue weighted by Crippen LogP contribution is 2.36. The largest absolute Gasteiger partial charge is 0.493 e. The van der Waals surface area contributed by atoms with Crippen molar-refractivity contribution < 1.29 is 19.0 Å². The molecule has 32 heavy (non-hydrogen) atoms. The minimum Gasteiger partial charge on any atom is -0.493 e. The number of carbonyl (C=O) groups is 1. The van der Waals surface area contributed by atoms with E-state index in [2.05, 4.69) is 39.8 Å². The van der Waals surface area contributed by atoms with Gasteiger partial charge in [-0.25, -0.2) is 4.79 Å². The molecule has 0 N–H and O–H groups in total. The van der Waals surface area contributed by atoms with E-state index in [-0.39, 0.29) is 17.7 Å². The Hall–Kier alpha value is -2.33. The van der Waals surface area contributed by atoms with E-state index in [4.69, 9.17) is 14.2 Å². The zero-order valence-corrected chi connectivity index (χ0v) is 19.8. The quantitative estimate of drug-likeness (QED) is 0.349. The Labute approximate surface area is 192 Å². The molecular weight excluding hydrogens is 400 g/mol. The maximum atomic E-state index is 12.8. The van der Waals surface area contributed by atoms with Crippen LogP contribution in [0.1, 0.15) is 63.7 Å². The van der Waals surface area contributed by atoms with E-state index in [0.717, 1.165) is 42.7 Å². The number of esters is 1. The Bertz CT molecular complexity index is 896. The number of hydrogen-bond acceptors (Lipinski definition) is 4. The van der Waals surface area contributed by atoms with Crippen molar-refractivity contribution in [1.82, 2.24) is 0 Å². The maximum Gasteiger partial charge on any atom is 0.338 e. The number of epoxide rings is 1. The molecule has 2 aromatic carbocycles. The van der Waals surface area contributed by atoms with E-state index in [1.807, 2.05) is 36.4 Å². The van der Waals surface area contributed by atoms with Crippen molar-refractivity contribution in [2.75, 3.05) is 13.2 Å². The zero-order chi connectivity index (χ0) is 22.7. The van der Waals surface area contributed by atoms with Crippen LogP contribution in [0, 0.1) is 17.8 Å². The second-order valence-corrected chi connectivity index (χ2v) is 10.2. The molecule has 1 saturated carbocycles. The van der Waals surface area contributed by atoms with Crippen molar-refractivity contribution in [3.8, 4) is 16.9 Å². The van der Waals surface area contributed by atoms with E-state index >= 15 is 0 Å². The van der Waals surface area contributed by atoms with Crippen molar-refractivity contribution in [3.05, 3.63) is 54.1 Å². The summed E-state index contributed by atoms with van der Waals surface area (Å²) in [5, 5.41) is 0. The molecule has 2 aliphatic rings. The topological polar surface area (TPSA) is 48.1 Å². The lowest BCUT2D eigenvalue weighted by Crippen LogP contribution is -2.35. The van der Waals surface area contributed by atoms with Gasteiger partial charge in [0.1, 0.15) is 11.9 Å². The minimum absolute atomic E-state index is 0.0209. The third-order valence-corrected chi connectivity index (χ3v) is 7.06. The molecule has 4 unspecified atom stereocenters. The molecular formula is C28H36O4. The van der Waals surface area contributed by atoms with Gasteiger partial charge in [0.2, 0.25) is 0 Å². The minimum atomic E-state index is -0.210. The molecule has 1 aliphatic heterocycles. The van der Waals surface area contributed by atoms with Crippen LogP contribution in [-0.4, -0.2) is 30.9 Å². The fourth-order valence-corrected chi connectivity index (χ4v) is 4.65. The summed E-state index contributed by atoms with van der Waals surface area (Å²) in [6, 6.07) is 15.8. The van der Waals surface area contributed by atoms with Gasteiger partial charge in [0.25, 0.3) is 0 Å². The fraction of sp³-hybridized carbons (Fsp3) is 0.536. The Balaban J connectivity index is 1.34. The van der Waals surface area contributed by atoms with Crippen LogP contribution in [0.2, 0.25) is 0 Å². The third kappa shape index (κ3) is 5.72. The fourth-order valence-electron chi connectivity index (χ4n) is 4.65. The third-order valence-electron chi connectivity index (χ3n) is 7.06. The van der Waals surface area contributed by atoms with Crippen molar-refractivity contribution in [2.45, 2.75) is 65.1 Å². The van der Waals surface area contributed by atoms with Crippen molar-refractivity contribution in [2.24, 2.45) is 17.8 Å². The number of ether oxygens (including phenoxy) is 3. The molecule has 0 aromatic heterocycles. The predicted molar refractivity (Wildman–Crippen MR) is 127 cm³/mol. The van der Waals surface area contributed by atoms with E-state index in [9.17, 15) is 4.79 Å². The Morgan fingerprint density at radius 3 is 2.28 bits per heavy atom. The van der Waals surface area contributed by atoms with Crippen LogP contribution in [0.4, 0.5) is 0 Å². The average molecular weight is 437 g/mol. The second kappa shape index (κ2) is 9.66. The smallest absolute Gasteiger partial charge is 0.338 e. The molecule has 2 fully saturated rings. The molecule has 4 atom stereocenters. The Morgan fingerprint density at radius 1 is 1.06 bits per heavy atom. The SMILES string of the molecule is CC1CCC(C(C)C)C(OC(=O)c2ccc(-c3ccc(OCCC4(C)CO4)cc3)cc2)C1. The molecule has 2 aromatic rings. The lowest BCUT2D eigenvalue weighted by atomic mass is 9.75. The Morgan fingerprint density at radius 2 is 1.69 bits per heavy atom. The molecule has 1 heterocycles. The van der Waals surface area contributed by atoms with Gasteiger partial charge in [0.05, 0.1) is 24.4 Å². The van der Waals surface area contributed by atoms with Crippen molar-refractivity contribution in [3.63, 3.8) is 0 Å². The van der Waals surface area contributed by atoms with E-state index in [1.165, 1.54) is 6.42 Å². The molecule has 0 bridgehead atoms. The van der Waals surface area contributed by atoms with Gasteiger partial charge in [0, 0.05) is 6.42 Å². The molecule has 0 amide bonds. The van der Waals surface area contributed by atoms with Gasteiger partial charge in [0.15, 0.2) is 0 Å². The van der Waals surface area contributed by atoms with Gasteiger partial charge < -0.3 is 14.2 Å². The van der Waals surface area contributed by atoms with E-state index < -0.39 is 0 Å². The van der Waals surface area contributed by atoms with Crippen LogP contribution in [0.25, 0.3) is 11.1 Å². The summed E-state index contributed by atoms with van der Waals surface area (Å²) >= 11 is 0. The molecule has 172 valence electrons. The molecule has 4 nitrogen and oxygen atoms in total. The van der Waals surface area contributed by atoms with Gasteiger partial charge in [-0.3, -0.25) is 0 Å². The van der Waals surface area contributed by atoms with Gasteiger partial charge >= 0.3 is 5.97 Å². The maximum absolute atomic E-state index is 12.8. The van der Waals surface area contributed by atoms with Crippen LogP contribution < -0.4 is 4.74 Å². The molecule has 0 spiro atoms. The first kappa shape index (κ1) is 22.8. The van der Waals surface area contributed by atoms with Crippen LogP contribution in [0.5, 0.6) is 5.75 Å². The number of hydrogen-bond donors (Lipinski definition) is 0. The number of benzene rings is 2. The first-order chi connectivity index (χ1) is 15.3. The summed E-state index contributed by atoms with van der Waals surface area (Å²) in [7, 11) is 0. The van der Waals surface area contributed by atoms with Crippen LogP contribution >= 0.6 is 0 Å². The summed E-state index contributed by atoms with van der Waals surface area (Å²) in [4.78, 5) is 12.8. The highest BCUT2D eigenvalue weighted by Gasteiger charge is 2.38. The van der Waals surface area contributed by atoms with E-state index in [1.54, 1.807) is 0 Å². The van der Waals surface area contributed by atoms with Crippen molar-refractivity contribution >= 4 is 5.97 Å². The highest BCUT2D eigenvalue weighted by molar-refractivity contribution is 5.90. The predicted octanol–water partition coefficient (Wildman–Crippen LogP) is 6.53. The number of rotatable bonds is 8. The van der Waals surface area contributed by atoms with Gasteiger partial charge in [-0.1, -0.05) is 51.5 Å². The molecule has 0 radical (unpaired) electrons. The summed E-state index contributed by atoms with van der Waals surface area (Å²) in [6.45, 7) is 10.3. The molecule has 4 rings (SSSR count). The van der Waals surface area contributed by atoms with Gasteiger partial charge in [-0.05, 0) is 72.9 Å². The normalized spacial score (nSPS) is 27.2. The summed E-state index contributed by atoms with van der Waals surface area (Å²) < 4.78 is 17.2. The first-order valence-corrected chi connectivity index (χ1v) is 12.0. The summed E-state index contributed by atoms with van der Waals surface area (Å²) in [5.41, 5.74) is 2.80. The molecule has 1 aliphatic carbocycles. The van der Waals surface area contributed by atoms with Crippen molar-refractivity contribution in [1.29, 1.82) is 0 Å². The van der Waals surface area contributed by atoms with Crippen LogP contribution in [0.3, 0.4) is 0 Å². The van der Waals surface area contributed by atoms with E-state index in [0.29, 0.717) is 29.9 Å². The second-order valence-electron chi connectivity index (χ2n) is 10.2. The molecule has 1 saturated heterocycles.